The first kappa shape index (κ1) is 22.6. The summed E-state index contributed by atoms with van der Waals surface area (Å²) in [5.74, 6) is -1.26. The van der Waals surface area contributed by atoms with Crippen molar-refractivity contribution in [1.82, 2.24) is 4.90 Å². The van der Waals surface area contributed by atoms with Crippen LogP contribution in [0.4, 0.5) is 4.79 Å². The standard InChI is InChI=1S/C23H15Br2NO5S/c24-17-8-16(21(18(25)10-17)31-12-20(27)28)9-19-22(29)26(23(30)32-19)11-13-5-6-14-3-1-2-4-15(14)7-13/h1-10H,11-12H2,(H,27,28)/b19-9-. The fourth-order valence-corrected chi connectivity index (χ4v) is 5.47. The van der Waals surface area contributed by atoms with E-state index in [1.54, 1.807) is 12.1 Å². The summed E-state index contributed by atoms with van der Waals surface area (Å²) in [6.45, 7) is -0.373. The zero-order chi connectivity index (χ0) is 22.8. The largest absolute Gasteiger partial charge is 0.480 e. The van der Waals surface area contributed by atoms with Gasteiger partial charge in [-0.25, -0.2) is 4.79 Å². The number of halogens is 2. The number of hydrogen-bond donors (Lipinski definition) is 1. The van der Waals surface area contributed by atoms with Crippen LogP contribution in [0.15, 0.2) is 68.4 Å². The molecule has 162 valence electrons. The summed E-state index contributed by atoms with van der Waals surface area (Å²) in [6.07, 6.45) is 1.54. The monoisotopic (exact) mass is 575 g/mol. The summed E-state index contributed by atoms with van der Waals surface area (Å²) >= 11 is 7.57. The number of aliphatic carboxylic acids is 1. The molecule has 0 radical (unpaired) electrons. The van der Waals surface area contributed by atoms with Gasteiger partial charge in [0.15, 0.2) is 6.61 Å². The molecule has 1 heterocycles. The minimum atomic E-state index is -1.12. The number of imide groups is 1. The molecule has 0 bridgehead atoms. The second kappa shape index (κ2) is 9.48. The number of thioether (sulfide) groups is 1. The van der Waals surface area contributed by atoms with Crippen LogP contribution in [0.2, 0.25) is 0 Å². The average molecular weight is 577 g/mol. The molecule has 1 N–H and O–H groups in total. The molecule has 1 fully saturated rings. The summed E-state index contributed by atoms with van der Waals surface area (Å²) in [7, 11) is 0. The number of nitrogens with zero attached hydrogens (tertiary/aromatic N) is 1. The predicted octanol–water partition coefficient (Wildman–Crippen LogP) is 6.06. The second-order valence-electron chi connectivity index (χ2n) is 6.94. The molecule has 1 aliphatic rings. The molecule has 3 aromatic rings. The lowest BCUT2D eigenvalue weighted by molar-refractivity contribution is -0.139. The molecular weight excluding hydrogens is 562 g/mol. The van der Waals surface area contributed by atoms with Crippen LogP contribution in [0.5, 0.6) is 5.75 Å². The highest BCUT2D eigenvalue weighted by Gasteiger charge is 2.35. The first-order valence-corrected chi connectivity index (χ1v) is 11.8. The number of carbonyl (C=O) groups is 3. The Kier molecular flexibility index (Phi) is 6.68. The first-order chi connectivity index (χ1) is 15.3. The Morgan fingerprint density at radius 3 is 2.56 bits per heavy atom. The van der Waals surface area contributed by atoms with Crippen LogP contribution in [0, 0.1) is 0 Å². The van der Waals surface area contributed by atoms with E-state index >= 15 is 0 Å². The van der Waals surface area contributed by atoms with E-state index in [-0.39, 0.29) is 22.4 Å². The van der Waals surface area contributed by atoms with Gasteiger partial charge in [-0.2, -0.15) is 0 Å². The topological polar surface area (TPSA) is 83.9 Å². The smallest absolute Gasteiger partial charge is 0.341 e. The number of amides is 2. The van der Waals surface area contributed by atoms with Gasteiger partial charge in [-0.3, -0.25) is 14.5 Å². The first-order valence-electron chi connectivity index (χ1n) is 9.38. The fourth-order valence-electron chi connectivity index (χ4n) is 3.27. The molecule has 0 saturated carbocycles. The lowest BCUT2D eigenvalue weighted by Gasteiger charge is -2.13. The van der Waals surface area contributed by atoms with Crippen molar-refractivity contribution >= 4 is 77.6 Å². The van der Waals surface area contributed by atoms with Crippen molar-refractivity contribution in [3.05, 3.63) is 79.6 Å². The van der Waals surface area contributed by atoms with E-state index in [0.29, 0.717) is 14.5 Å². The maximum atomic E-state index is 13.0. The van der Waals surface area contributed by atoms with Crippen molar-refractivity contribution in [3.8, 4) is 5.75 Å². The minimum Gasteiger partial charge on any atom is -0.480 e. The van der Waals surface area contributed by atoms with Crippen molar-refractivity contribution in [2.75, 3.05) is 6.61 Å². The van der Waals surface area contributed by atoms with E-state index in [9.17, 15) is 14.4 Å². The van der Waals surface area contributed by atoms with Gasteiger partial charge >= 0.3 is 5.97 Å². The Labute approximate surface area is 204 Å². The summed E-state index contributed by atoms with van der Waals surface area (Å²) in [5, 5.41) is 10.7. The number of rotatable bonds is 6. The van der Waals surface area contributed by atoms with Crippen molar-refractivity contribution < 1.29 is 24.2 Å². The molecule has 6 nitrogen and oxygen atoms in total. The Hall–Kier alpha value is -2.62. The third-order valence-corrected chi connectivity index (χ3v) is 6.65. The van der Waals surface area contributed by atoms with Gasteiger partial charge in [-0.05, 0) is 68.3 Å². The Balaban J connectivity index is 1.61. The van der Waals surface area contributed by atoms with Gasteiger partial charge in [0.1, 0.15) is 5.75 Å². The molecule has 9 heteroatoms. The highest BCUT2D eigenvalue weighted by Crippen LogP contribution is 2.38. The third kappa shape index (κ3) is 4.90. The van der Waals surface area contributed by atoms with Crippen LogP contribution >= 0.6 is 43.6 Å². The summed E-state index contributed by atoms with van der Waals surface area (Å²) in [4.78, 5) is 37.9. The predicted molar refractivity (Wildman–Crippen MR) is 130 cm³/mol. The molecule has 3 aromatic carbocycles. The Morgan fingerprint density at radius 2 is 1.81 bits per heavy atom. The van der Waals surface area contributed by atoms with Crippen molar-refractivity contribution in [2.45, 2.75) is 6.54 Å². The number of carboxylic acid groups (broad SMARTS) is 1. The van der Waals surface area contributed by atoms with Gasteiger partial charge in [0.05, 0.1) is 15.9 Å². The quantitative estimate of drug-likeness (QED) is 0.359. The minimum absolute atomic E-state index is 0.164. The average Bonchev–Trinajstić information content (AvgIpc) is 3.00. The van der Waals surface area contributed by atoms with Crippen LogP contribution < -0.4 is 4.74 Å². The van der Waals surface area contributed by atoms with Crippen LogP contribution in [-0.2, 0) is 16.1 Å². The van der Waals surface area contributed by atoms with Crippen molar-refractivity contribution in [1.29, 1.82) is 0 Å². The summed E-state index contributed by atoms with van der Waals surface area (Å²) < 4.78 is 6.61. The van der Waals surface area contributed by atoms with E-state index < -0.39 is 18.5 Å². The molecule has 1 saturated heterocycles. The second-order valence-corrected chi connectivity index (χ2v) is 9.70. The van der Waals surface area contributed by atoms with Crippen LogP contribution in [0.25, 0.3) is 16.8 Å². The van der Waals surface area contributed by atoms with Gasteiger partial charge in [0.2, 0.25) is 0 Å². The number of hydrogen-bond acceptors (Lipinski definition) is 5. The number of fused-ring (bicyclic) bond motifs is 1. The lowest BCUT2D eigenvalue weighted by Crippen LogP contribution is -2.27. The molecule has 32 heavy (non-hydrogen) atoms. The molecule has 0 unspecified atom stereocenters. The Bertz CT molecular complexity index is 1290. The van der Waals surface area contributed by atoms with Crippen molar-refractivity contribution in [3.63, 3.8) is 0 Å². The molecule has 0 aromatic heterocycles. The van der Waals surface area contributed by atoms with E-state index in [1.165, 1.54) is 11.0 Å². The zero-order valence-electron chi connectivity index (χ0n) is 16.4. The lowest BCUT2D eigenvalue weighted by atomic mass is 10.1. The van der Waals surface area contributed by atoms with E-state index in [4.69, 9.17) is 9.84 Å². The van der Waals surface area contributed by atoms with E-state index in [0.717, 1.165) is 28.1 Å². The van der Waals surface area contributed by atoms with Crippen LogP contribution in [-0.4, -0.2) is 33.7 Å². The van der Waals surface area contributed by atoms with Crippen molar-refractivity contribution in [2.24, 2.45) is 0 Å². The number of benzene rings is 3. The van der Waals surface area contributed by atoms with Gasteiger partial charge < -0.3 is 9.84 Å². The number of ether oxygens (including phenoxy) is 1. The molecule has 4 rings (SSSR count). The van der Waals surface area contributed by atoms with Crippen LogP contribution in [0.1, 0.15) is 11.1 Å². The van der Waals surface area contributed by atoms with Gasteiger partial charge in [0.25, 0.3) is 11.1 Å². The van der Waals surface area contributed by atoms with E-state index in [1.807, 2.05) is 42.5 Å². The molecule has 0 atom stereocenters. The molecular formula is C23H15Br2NO5S. The van der Waals surface area contributed by atoms with Crippen LogP contribution in [0.3, 0.4) is 0 Å². The zero-order valence-corrected chi connectivity index (χ0v) is 20.4. The molecule has 2 amide bonds. The fraction of sp³-hybridized carbons (Fsp3) is 0.0870. The number of carbonyl (C=O) groups excluding carboxylic acids is 2. The van der Waals surface area contributed by atoms with E-state index in [2.05, 4.69) is 31.9 Å². The highest BCUT2D eigenvalue weighted by molar-refractivity contribution is 9.11. The third-order valence-electron chi connectivity index (χ3n) is 4.69. The summed E-state index contributed by atoms with van der Waals surface area (Å²) in [5.41, 5.74) is 1.33. The summed E-state index contributed by atoms with van der Waals surface area (Å²) in [6, 6.07) is 17.1. The SMILES string of the molecule is O=C(O)COc1c(Br)cc(Br)cc1/C=C1\SC(=O)N(Cc2ccc3ccccc3c2)C1=O. The maximum absolute atomic E-state index is 13.0. The van der Waals surface area contributed by atoms with Gasteiger partial charge in [-0.15, -0.1) is 0 Å². The Morgan fingerprint density at radius 1 is 1.06 bits per heavy atom. The number of carboxylic acids is 1. The maximum Gasteiger partial charge on any atom is 0.341 e. The van der Waals surface area contributed by atoms with Gasteiger partial charge in [0, 0.05) is 10.0 Å². The molecule has 0 aliphatic carbocycles. The molecule has 1 aliphatic heterocycles. The van der Waals surface area contributed by atoms with Gasteiger partial charge in [-0.1, -0.05) is 52.3 Å². The normalized spacial score (nSPS) is 15.1. The highest BCUT2D eigenvalue weighted by atomic mass is 79.9. The molecule has 0 spiro atoms.